The number of fused-ring (bicyclic) bond motifs is 1. The van der Waals surface area contributed by atoms with Gasteiger partial charge < -0.3 is 11.1 Å². The predicted molar refractivity (Wildman–Crippen MR) is 73.3 cm³/mol. The average Bonchev–Trinajstić information content (AvgIpc) is 3.29. The second-order valence-electron chi connectivity index (χ2n) is 6.40. The Balaban J connectivity index is 1.28. The summed E-state index contributed by atoms with van der Waals surface area (Å²) >= 11 is 0. The molecule has 0 aromatic heterocycles. The minimum atomic E-state index is 0.467. The molecule has 0 bridgehead atoms. The molecule has 0 amide bonds. The van der Waals surface area contributed by atoms with Crippen molar-refractivity contribution in [2.45, 2.75) is 49.7 Å². The highest BCUT2D eigenvalue weighted by atomic mass is 15.1. The van der Waals surface area contributed by atoms with Crippen LogP contribution in [-0.4, -0.2) is 18.1 Å². The highest BCUT2D eigenvalue weighted by molar-refractivity contribution is 5.40. The Labute approximate surface area is 109 Å². The van der Waals surface area contributed by atoms with E-state index in [1.54, 1.807) is 5.56 Å². The zero-order valence-electron chi connectivity index (χ0n) is 10.8. The van der Waals surface area contributed by atoms with Crippen LogP contribution in [0.3, 0.4) is 0 Å². The fraction of sp³-hybridized carbons (Fsp3) is 0.625. The van der Waals surface area contributed by atoms with Crippen LogP contribution in [0.1, 0.15) is 37.2 Å². The molecule has 4 rings (SSSR count). The molecule has 2 nitrogen and oxygen atoms in total. The van der Waals surface area contributed by atoms with Crippen molar-refractivity contribution in [1.82, 2.24) is 5.32 Å². The van der Waals surface area contributed by atoms with Crippen molar-refractivity contribution >= 4 is 0 Å². The zero-order valence-corrected chi connectivity index (χ0v) is 10.8. The van der Waals surface area contributed by atoms with E-state index in [4.69, 9.17) is 5.73 Å². The Morgan fingerprint density at radius 2 is 1.61 bits per heavy atom. The molecule has 96 valence electrons. The monoisotopic (exact) mass is 242 g/mol. The number of nitrogens with one attached hydrogen (secondary N) is 1. The summed E-state index contributed by atoms with van der Waals surface area (Å²) in [7, 11) is 0. The van der Waals surface area contributed by atoms with Gasteiger partial charge >= 0.3 is 0 Å². The van der Waals surface area contributed by atoms with Gasteiger partial charge in [0.2, 0.25) is 0 Å². The van der Waals surface area contributed by atoms with Crippen LogP contribution in [0.25, 0.3) is 0 Å². The molecular weight excluding hydrogens is 220 g/mol. The van der Waals surface area contributed by atoms with Gasteiger partial charge in [-0.05, 0) is 49.0 Å². The predicted octanol–water partition coefficient (Wildman–Crippen LogP) is 2.26. The molecule has 3 aliphatic carbocycles. The Kier molecular flexibility index (Phi) is 2.49. The van der Waals surface area contributed by atoms with Gasteiger partial charge in [0.15, 0.2) is 0 Å². The van der Waals surface area contributed by atoms with E-state index in [0.717, 1.165) is 29.8 Å². The van der Waals surface area contributed by atoms with Gasteiger partial charge in [-0.1, -0.05) is 30.3 Å². The molecule has 1 aromatic carbocycles. The van der Waals surface area contributed by atoms with Crippen LogP contribution < -0.4 is 11.1 Å². The first kappa shape index (κ1) is 11.0. The van der Waals surface area contributed by atoms with Crippen LogP contribution in [0.2, 0.25) is 0 Å². The Hall–Kier alpha value is -0.860. The SMILES string of the molecule is NC1CCC(NC2C3[C@@H]2[C@@H]3c2ccccc2)CC1. The van der Waals surface area contributed by atoms with E-state index in [0.29, 0.717) is 6.04 Å². The molecule has 18 heavy (non-hydrogen) atoms. The van der Waals surface area contributed by atoms with E-state index in [-0.39, 0.29) is 0 Å². The summed E-state index contributed by atoms with van der Waals surface area (Å²) in [5.74, 6) is 2.76. The first-order chi connectivity index (χ1) is 8.84. The van der Waals surface area contributed by atoms with Crippen LogP contribution in [0.4, 0.5) is 0 Å². The summed E-state index contributed by atoms with van der Waals surface area (Å²) in [6.45, 7) is 0. The molecule has 3 fully saturated rings. The Morgan fingerprint density at radius 1 is 0.944 bits per heavy atom. The quantitative estimate of drug-likeness (QED) is 0.853. The fourth-order valence-electron chi connectivity index (χ4n) is 3.92. The molecule has 1 aromatic rings. The molecule has 0 saturated heterocycles. The Bertz CT molecular complexity index is 412. The van der Waals surface area contributed by atoms with Crippen molar-refractivity contribution in [2.75, 3.05) is 0 Å². The largest absolute Gasteiger partial charge is 0.328 e. The summed E-state index contributed by atoms with van der Waals surface area (Å²) in [4.78, 5) is 0. The first-order valence-corrected chi connectivity index (χ1v) is 7.41. The maximum Gasteiger partial charge on any atom is 0.0145 e. The lowest BCUT2D eigenvalue weighted by atomic mass is 9.91. The second kappa shape index (κ2) is 4.07. The first-order valence-electron chi connectivity index (χ1n) is 7.41. The van der Waals surface area contributed by atoms with Crippen LogP contribution in [0.15, 0.2) is 30.3 Å². The van der Waals surface area contributed by atoms with Crippen molar-refractivity contribution in [3.05, 3.63) is 35.9 Å². The van der Waals surface area contributed by atoms with Gasteiger partial charge in [0, 0.05) is 18.1 Å². The molecule has 0 spiro atoms. The normalized spacial score (nSPS) is 45.4. The Morgan fingerprint density at radius 3 is 2.28 bits per heavy atom. The van der Waals surface area contributed by atoms with E-state index in [1.807, 2.05) is 0 Å². The maximum absolute atomic E-state index is 5.95. The summed E-state index contributed by atoms with van der Waals surface area (Å²) in [6.07, 6.45) is 4.99. The number of hydrogen-bond acceptors (Lipinski definition) is 2. The third kappa shape index (κ3) is 1.79. The lowest BCUT2D eigenvalue weighted by molar-refractivity contribution is 0.322. The topological polar surface area (TPSA) is 38.0 Å². The lowest BCUT2D eigenvalue weighted by Gasteiger charge is -2.28. The van der Waals surface area contributed by atoms with Crippen LogP contribution >= 0.6 is 0 Å². The standard InChI is InChI=1S/C16H22N2/c17-11-6-8-12(9-7-11)18-16-14-13(15(14)16)10-4-2-1-3-5-10/h1-5,11-16,18H,6-9,17H2/t11?,12?,13-,14-,15?,16?/m0/s1. The van der Waals surface area contributed by atoms with Crippen LogP contribution in [-0.2, 0) is 0 Å². The van der Waals surface area contributed by atoms with Gasteiger partial charge in [-0.3, -0.25) is 0 Å². The van der Waals surface area contributed by atoms with Gasteiger partial charge in [0.1, 0.15) is 0 Å². The van der Waals surface area contributed by atoms with Gasteiger partial charge in [0.25, 0.3) is 0 Å². The zero-order chi connectivity index (χ0) is 12.1. The van der Waals surface area contributed by atoms with Crippen LogP contribution in [0, 0.1) is 11.8 Å². The minimum Gasteiger partial charge on any atom is -0.328 e. The van der Waals surface area contributed by atoms with Crippen molar-refractivity contribution in [3.63, 3.8) is 0 Å². The molecule has 0 aliphatic heterocycles. The smallest absolute Gasteiger partial charge is 0.0145 e. The molecule has 0 radical (unpaired) electrons. The van der Waals surface area contributed by atoms with Crippen molar-refractivity contribution in [2.24, 2.45) is 17.6 Å². The third-order valence-electron chi connectivity index (χ3n) is 5.21. The lowest BCUT2D eigenvalue weighted by Crippen LogP contribution is -2.40. The molecule has 3 aliphatic rings. The van der Waals surface area contributed by atoms with Crippen molar-refractivity contribution < 1.29 is 0 Å². The number of rotatable bonds is 3. The maximum atomic E-state index is 5.95. The number of hydrogen-bond donors (Lipinski definition) is 2. The van der Waals surface area contributed by atoms with Gasteiger partial charge in [-0.2, -0.15) is 0 Å². The summed E-state index contributed by atoms with van der Waals surface area (Å²) in [6, 6.07) is 13.1. The average molecular weight is 242 g/mol. The minimum absolute atomic E-state index is 0.467. The van der Waals surface area contributed by atoms with Crippen LogP contribution in [0.5, 0.6) is 0 Å². The van der Waals surface area contributed by atoms with E-state index in [1.165, 1.54) is 25.7 Å². The molecule has 4 atom stereocenters. The molecular formula is C16H22N2. The van der Waals surface area contributed by atoms with Gasteiger partial charge in [0.05, 0.1) is 0 Å². The fourth-order valence-corrected chi connectivity index (χ4v) is 3.92. The van der Waals surface area contributed by atoms with Gasteiger partial charge in [-0.25, -0.2) is 0 Å². The highest BCUT2D eigenvalue weighted by Gasteiger charge is 2.73. The third-order valence-corrected chi connectivity index (χ3v) is 5.21. The van der Waals surface area contributed by atoms with E-state index < -0.39 is 0 Å². The molecule has 2 heteroatoms. The molecule has 2 unspecified atom stereocenters. The van der Waals surface area contributed by atoms with Gasteiger partial charge in [-0.15, -0.1) is 0 Å². The highest BCUT2D eigenvalue weighted by Crippen LogP contribution is 2.73. The molecule has 0 heterocycles. The second-order valence-corrected chi connectivity index (χ2v) is 6.40. The summed E-state index contributed by atoms with van der Waals surface area (Å²) < 4.78 is 0. The van der Waals surface area contributed by atoms with E-state index in [9.17, 15) is 0 Å². The van der Waals surface area contributed by atoms with E-state index >= 15 is 0 Å². The van der Waals surface area contributed by atoms with E-state index in [2.05, 4.69) is 35.6 Å². The molecule has 3 N–H and O–H groups in total. The van der Waals surface area contributed by atoms with Crippen molar-refractivity contribution in [1.29, 1.82) is 0 Å². The number of nitrogens with two attached hydrogens (primary N) is 1. The number of benzene rings is 1. The summed E-state index contributed by atoms with van der Waals surface area (Å²) in [5, 5.41) is 3.86. The molecule has 3 saturated carbocycles. The summed E-state index contributed by atoms with van der Waals surface area (Å²) in [5.41, 5.74) is 7.50. The van der Waals surface area contributed by atoms with Crippen molar-refractivity contribution in [3.8, 4) is 0 Å².